The van der Waals surface area contributed by atoms with Crippen LogP contribution < -0.4 is 0 Å². The predicted molar refractivity (Wildman–Crippen MR) is 82.5 cm³/mol. The maximum absolute atomic E-state index is 3.82. The van der Waals surface area contributed by atoms with Gasteiger partial charge in [0.15, 0.2) is 0 Å². The minimum absolute atomic E-state index is 1.07. The highest BCUT2D eigenvalue weighted by Crippen LogP contribution is 2.08. The maximum Gasteiger partial charge on any atom is 0.0966 e. The fourth-order valence-electron chi connectivity index (χ4n) is 2.31. The Morgan fingerprint density at radius 2 is 1.00 bits per heavy atom. The molecular weight excluding hydrogens is 220 g/mol. The summed E-state index contributed by atoms with van der Waals surface area (Å²) in [6.45, 7) is 12.3. The van der Waals surface area contributed by atoms with E-state index in [9.17, 15) is 0 Å². The predicted octanol–water partition coefficient (Wildman–Crippen LogP) is 3.07. The number of unbranched alkanes of at least 4 members (excludes halogenated alkanes) is 3. The Balaban J connectivity index is 3.57. The van der Waals surface area contributed by atoms with Crippen molar-refractivity contribution >= 4 is 0 Å². The van der Waals surface area contributed by atoms with Crippen molar-refractivity contribution in [2.75, 3.05) is 54.4 Å². The third-order valence-electron chi connectivity index (χ3n) is 3.52. The van der Waals surface area contributed by atoms with E-state index >= 15 is 0 Å². The highest BCUT2D eigenvalue weighted by molar-refractivity contribution is 4.65. The third-order valence-corrected chi connectivity index (χ3v) is 3.52. The van der Waals surface area contributed by atoms with E-state index in [4.69, 9.17) is 0 Å². The molecule has 2 heteroatoms. The largest absolute Gasteiger partial charge is 0.325 e. The van der Waals surface area contributed by atoms with E-state index in [-0.39, 0.29) is 0 Å². The number of likely N-dealkylation sites (N-methyl/N-ethyl adjacent to an activating group) is 2. The normalized spacial score (nSPS) is 12.4. The molecule has 0 saturated carbocycles. The summed E-state index contributed by atoms with van der Waals surface area (Å²) < 4.78 is 2.14. The topological polar surface area (TPSA) is 0 Å². The maximum atomic E-state index is 3.82. The molecule has 0 atom stereocenters. The summed E-state index contributed by atoms with van der Waals surface area (Å²) in [6.07, 6.45) is 9.41. The summed E-state index contributed by atoms with van der Waals surface area (Å²) in [6, 6.07) is 0. The van der Waals surface area contributed by atoms with Crippen LogP contribution in [0, 0.1) is 0 Å². The van der Waals surface area contributed by atoms with Crippen LogP contribution in [-0.2, 0) is 0 Å². The number of hydrogen-bond acceptors (Lipinski definition) is 0. The summed E-state index contributed by atoms with van der Waals surface area (Å²) in [5.41, 5.74) is 0. The summed E-state index contributed by atoms with van der Waals surface area (Å²) in [7, 11) is 9.13. The lowest BCUT2D eigenvalue weighted by molar-refractivity contribution is -0.885. The van der Waals surface area contributed by atoms with Gasteiger partial charge in [0.2, 0.25) is 0 Å². The zero-order chi connectivity index (χ0) is 14.1. The number of nitrogens with zero attached hydrogens (tertiary/aromatic N) is 2. The molecule has 0 bridgehead atoms. The highest BCUT2D eigenvalue weighted by atomic mass is 15.3. The first-order valence-electron chi connectivity index (χ1n) is 7.19. The van der Waals surface area contributed by atoms with Crippen LogP contribution in [0.5, 0.6) is 0 Å². The van der Waals surface area contributed by atoms with Crippen LogP contribution in [0.1, 0.15) is 25.7 Å². The SMILES string of the molecule is C=CC[N+](C)(C)CCCCCC[N+](C)(C)CC=C. The van der Waals surface area contributed by atoms with Crippen molar-refractivity contribution in [3.8, 4) is 0 Å². The highest BCUT2D eigenvalue weighted by Gasteiger charge is 2.13. The molecule has 0 rings (SSSR count). The van der Waals surface area contributed by atoms with Gasteiger partial charge >= 0.3 is 0 Å². The number of hydrogen-bond donors (Lipinski definition) is 0. The molecule has 0 aliphatic carbocycles. The molecule has 0 aromatic carbocycles. The minimum Gasteiger partial charge on any atom is -0.325 e. The first kappa shape index (κ1) is 17.4. The van der Waals surface area contributed by atoms with Crippen LogP contribution in [0.4, 0.5) is 0 Å². The lowest BCUT2D eigenvalue weighted by Crippen LogP contribution is -2.40. The molecule has 0 amide bonds. The van der Waals surface area contributed by atoms with Gasteiger partial charge in [-0.15, -0.1) is 0 Å². The Morgan fingerprint density at radius 3 is 1.28 bits per heavy atom. The van der Waals surface area contributed by atoms with Crippen molar-refractivity contribution in [3.05, 3.63) is 25.3 Å². The summed E-state index contributed by atoms with van der Waals surface area (Å²) in [4.78, 5) is 0. The average molecular weight is 254 g/mol. The first-order chi connectivity index (χ1) is 8.33. The van der Waals surface area contributed by atoms with Crippen LogP contribution in [-0.4, -0.2) is 63.3 Å². The molecule has 0 spiro atoms. The summed E-state index contributed by atoms with van der Waals surface area (Å²) in [5, 5.41) is 0. The van der Waals surface area contributed by atoms with Crippen molar-refractivity contribution in [1.82, 2.24) is 0 Å². The van der Waals surface area contributed by atoms with Crippen molar-refractivity contribution in [2.45, 2.75) is 25.7 Å². The van der Waals surface area contributed by atoms with Gasteiger partial charge in [0.25, 0.3) is 0 Å². The van der Waals surface area contributed by atoms with Crippen LogP contribution in [0.15, 0.2) is 25.3 Å². The van der Waals surface area contributed by atoms with E-state index in [0.29, 0.717) is 0 Å². The first-order valence-corrected chi connectivity index (χ1v) is 7.19. The lowest BCUT2D eigenvalue weighted by Gasteiger charge is -2.29. The Labute approximate surface area is 115 Å². The average Bonchev–Trinajstić information content (AvgIpc) is 2.22. The van der Waals surface area contributed by atoms with Gasteiger partial charge in [-0.1, -0.05) is 13.2 Å². The van der Waals surface area contributed by atoms with Crippen LogP contribution in [0.3, 0.4) is 0 Å². The van der Waals surface area contributed by atoms with Crippen LogP contribution >= 0.6 is 0 Å². The Kier molecular flexibility index (Phi) is 8.21. The lowest BCUT2D eigenvalue weighted by atomic mass is 10.1. The van der Waals surface area contributed by atoms with Gasteiger partial charge < -0.3 is 8.97 Å². The molecule has 0 heterocycles. The van der Waals surface area contributed by atoms with Crippen LogP contribution in [0.25, 0.3) is 0 Å². The van der Waals surface area contributed by atoms with Gasteiger partial charge in [-0.05, 0) is 37.8 Å². The molecule has 0 N–H and O–H groups in total. The Bertz CT molecular complexity index is 215. The second-order valence-electron chi connectivity index (χ2n) is 6.68. The molecule has 0 saturated heterocycles. The second kappa shape index (κ2) is 8.49. The molecule has 18 heavy (non-hydrogen) atoms. The van der Waals surface area contributed by atoms with E-state index < -0.39 is 0 Å². The third kappa shape index (κ3) is 9.43. The summed E-state index contributed by atoms with van der Waals surface area (Å²) in [5.74, 6) is 0. The molecule has 0 aromatic rings. The van der Waals surface area contributed by atoms with E-state index in [1.165, 1.54) is 38.8 Å². The van der Waals surface area contributed by atoms with E-state index in [1.807, 2.05) is 12.2 Å². The summed E-state index contributed by atoms with van der Waals surface area (Å²) >= 11 is 0. The van der Waals surface area contributed by atoms with Crippen molar-refractivity contribution < 1.29 is 8.97 Å². The molecule has 0 aliphatic rings. The molecule has 0 aromatic heterocycles. The van der Waals surface area contributed by atoms with Crippen molar-refractivity contribution in [1.29, 1.82) is 0 Å². The van der Waals surface area contributed by atoms with Gasteiger partial charge in [0.05, 0.1) is 54.4 Å². The van der Waals surface area contributed by atoms with E-state index in [2.05, 4.69) is 41.3 Å². The molecule has 0 aliphatic heterocycles. The minimum atomic E-state index is 1.07. The van der Waals surface area contributed by atoms with Gasteiger partial charge in [0, 0.05) is 0 Å². The molecule has 0 fully saturated rings. The quantitative estimate of drug-likeness (QED) is 0.302. The van der Waals surface area contributed by atoms with E-state index in [1.54, 1.807) is 0 Å². The molecule has 2 nitrogen and oxygen atoms in total. The van der Waals surface area contributed by atoms with Gasteiger partial charge in [-0.25, -0.2) is 0 Å². The molecular formula is C16H34N2+2. The Hall–Kier alpha value is -0.600. The standard InChI is InChI=1S/C16H34N2/c1-7-13-17(3,4)15-11-9-10-12-16-18(5,6)14-8-2/h7-8H,1-2,9-16H2,3-6H3/q+2. The smallest absolute Gasteiger partial charge is 0.0966 e. The van der Waals surface area contributed by atoms with Gasteiger partial charge in [0.1, 0.15) is 0 Å². The number of rotatable bonds is 11. The van der Waals surface area contributed by atoms with Gasteiger partial charge in [-0.3, -0.25) is 0 Å². The zero-order valence-corrected chi connectivity index (χ0v) is 13.1. The zero-order valence-electron chi connectivity index (χ0n) is 13.1. The monoisotopic (exact) mass is 254 g/mol. The fraction of sp³-hybridized carbons (Fsp3) is 0.750. The van der Waals surface area contributed by atoms with Crippen molar-refractivity contribution in [2.24, 2.45) is 0 Å². The van der Waals surface area contributed by atoms with E-state index in [0.717, 1.165) is 22.1 Å². The Morgan fingerprint density at radius 1 is 0.667 bits per heavy atom. The fourth-order valence-corrected chi connectivity index (χ4v) is 2.31. The van der Waals surface area contributed by atoms with Crippen molar-refractivity contribution in [3.63, 3.8) is 0 Å². The van der Waals surface area contributed by atoms with Crippen LogP contribution in [0.2, 0.25) is 0 Å². The number of quaternary nitrogens is 2. The molecule has 0 radical (unpaired) electrons. The molecule has 0 unspecified atom stereocenters. The second-order valence-corrected chi connectivity index (χ2v) is 6.68. The van der Waals surface area contributed by atoms with Gasteiger partial charge in [-0.2, -0.15) is 0 Å². The molecule has 106 valence electrons.